The largest absolute Gasteiger partial charge is 0.480 e. The van der Waals surface area contributed by atoms with Crippen molar-refractivity contribution in [2.24, 2.45) is 10.8 Å². The highest BCUT2D eigenvalue weighted by Gasteiger charge is 2.50. The molecule has 1 heterocycles. The number of nitrogens with zero attached hydrogens (tertiary/aromatic N) is 1. The smallest absolute Gasteiger partial charge is 0.324 e. The molecule has 8 heteroatoms. The van der Waals surface area contributed by atoms with E-state index in [1.165, 1.54) is 109 Å². The lowest BCUT2D eigenvalue weighted by Gasteiger charge is -2.35. The Hall–Kier alpha value is -1.67. The third-order valence-corrected chi connectivity index (χ3v) is 13.2. The van der Waals surface area contributed by atoms with Gasteiger partial charge in [0.15, 0.2) is 0 Å². The van der Waals surface area contributed by atoms with Crippen LogP contribution in [0.15, 0.2) is 0 Å². The standard InChI is InChI=1S/C51H97NO7/c1-8-11-14-17-20-21-22-27-34-41-58-47(56)49(4,5)38-32-33-40-52-43-44(53)42-51(52,46(54)55)39-31-26-25-30-37-50(6,7)48(57)59-45(35-28-23-18-15-12-9-2)36-29-24-19-16-13-10-3/h44-45,53H,8-43H2,1-7H3,(H,54,55)/t44?,51-/m0/s1. The lowest BCUT2D eigenvalue weighted by Crippen LogP contribution is -2.50. The fourth-order valence-corrected chi connectivity index (χ4v) is 8.97. The predicted molar refractivity (Wildman–Crippen MR) is 246 cm³/mol. The van der Waals surface area contributed by atoms with Crippen molar-refractivity contribution in [3.8, 4) is 0 Å². The first kappa shape index (κ1) is 55.3. The van der Waals surface area contributed by atoms with Crippen LogP contribution in [0.4, 0.5) is 0 Å². The number of aliphatic hydroxyl groups excluding tert-OH is 1. The van der Waals surface area contributed by atoms with Gasteiger partial charge >= 0.3 is 17.9 Å². The molecule has 0 aliphatic carbocycles. The average molecular weight is 836 g/mol. The molecule has 1 fully saturated rings. The first-order chi connectivity index (χ1) is 28.3. The highest BCUT2D eigenvalue weighted by molar-refractivity contribution is 5.79. The fraction of sp³-hybridized carbons (Fsp3) is 0.941. The Morgan fingerprint density at radius 3 is 1.53 bits per heavy atom. The number of hydrogen-bond donors (Lipinski definition) is 2. The van der Waals surface area contributed by atoms with Gasteiger partial charge in [0, 0.05) is 13.0 Å². The van der Waals surface area contributed by atoms with Gasteiger partial charge in [-0.25, -0.2) is 0 Å². The molecule has 1 unspecified atom stereocenters. The highest BCUT2D eigenvalue weighted by atomic mass is 16.5. The maximum absolute atomic E-state index is 13.5. The number of carboxylic acids is 1. The maximum atomic E-state index is 13.5. The van der Waals surface area contributed by atoms with Crippen LogP contribution in [0.1, 0.15) is 260 Å². The van der Waals surface area contributed by atoms with Gasteiger partial charge in [-0.1, -0.05) is 168 Å². The van der Waals surface area contributed by atoms with Crippen molar-refractivity contribution in [2.45, 2.75) is 278 Å². The number of carboxylic acid groups (broad SMARTS) is 1. The van der Waals surface area contributed by atoms with Crippen molar-refractivity contribution in [1.82, 2.24) is 4.90 Å². The third kappa shape index (κ3) is 24.5. The van der Waals surface area contributed by atoms with Crippen LogP contribution < -0.4 is 0 Å². The molecule has 2 N–H and O–H groups in total. The van der Waals surface area contributed by atoms with Crippen molar-refractivity contribution in [2.75, 3.05) is 19.7 Å². The summed E-state index contributed by atoms with van der Waals surface area (Å²) in [6, 6.07) is 0. The Kier molecular flexibility index (Phi) is 30.9. The zero-order valence-electron chi connectivity index (χ0n) is 40.0. The summed E-state index contributed by atoms with van der Waals surface area (Å²) in [5, 5.41) is 21.1. The molecule has 0 aromatic rings. The number of aliphatic carboxylic acids is 1. The molecule has 1 aliphatic heterocycles. The average Bonchev–Trinajstić information content (AvgIpc) is 3.53. The van der Waals surface area contributed by atoms with Gasteiger partial charge in [-0.3, -0.25) is 19.3 Å². The van der Waals surface area contributed by atoms with Crippen molar-refractivity contribution >= 4 is 17.9 Å². The lowest BCUT2D eigenvalue weighted by molar-refractivity contribution is -0.161. The molecule has 0 aromatic carbocycles. The molecule has 0 bridgehead atoms. The van der Waals surface area contributed by atoms with Crippen LogP contribution in [0.5, 0.6) is 0 Å². The zero-order chi connectivity index (χ0) is 43.8. The quantitative estimate of drug-likeness (QED) is 0.0463. The molecule has 59 heavy (non-hydrogen) atoms. The van der Waals surface area contributed by atoms with E-state index in [0.29, 0.717) is 32.5 Å². The van der Waals surface area contributed by atoms with Crippen molar-refractivity contribution in [3.05, 3.63) is 0 Å². The number of unbranched alkanes of at least 4 members (excludes halogenated alkanes) is 22. The summed E-state index contributed by atoms with van der Waals surface area (Å²) in [6.45, 7) is 16.1. The summed E-state index contributed by atoms with van der Waals surface area (Å²) >= 11 is 0. The van der Waals surface area contributed by atoms with E-state index in [2.05, 4.69) is 20.8 Å². The minimum atomic E-state index is -1.06. The van der Waals surface area contributed by atoms with Gasteiger partial charge in [0.1, 0.15) is 11.6 Å². The second-order valence-corrected chi connectivity index (χ2v) is 19.9. The van der Waals surface area contributed by atoms with E-state index in [0.717, 1.165) is 83.5 Å². The summed E-state index contributed by atoms with van der Waals surface area (Å²) in [4.78, 5) is 41.1. The first-order valence-electron chi connectivity index (χ1n) is 25.3. The number of aliphatic hydroxyl groups is 1. The minimum Gasteiger partial charge on any atom is -0.480 e. The van der Waals surface area contributed by atoms with Gasteiger partial charge in [0.2, 0.25) is 0 Å². The van der Waals surface area contributed by atoms with E-state index in [9.17, 15) is 24.6 Å². The van der Waals surface area contributed by atoms with E-state index in [4.69, 9.17) is 9.47 Å². The molecular weight excluding hydrogens is 739 g/mol. The van der Waals surface area contributed by atoms with Crippen LogP contribution in [-0.2, 0) is 23.9 Å². The van der Waals surface area contributed by atoms with Crippen LogP contribution in [0, 0.1) is 10.8 Å². The number of carbonyl (C=O) groups is 3. The molecule has 0 radical (unpaired) electrons. The number of ether oxygens (including phenoxy) is 2. The SMILES string of the molecule is CCCCCCCCCCCOC(=O)C(C)(C)CCCCN1CC(O)C[C@@]1(CCCCCCC(C)(C)C(=O)OC(CCCCCCCC)CCCCCCCC)C(=O)O. The molecule has 8 nitrogen and oxygen atoms in total. The molecule has 1 rings (SSSR count). The Morgan fingerprint density at radius 2 is 1.02 bits per heavy atom. The van der Waals surface area contributed by atoms with Crippen molar-refractivity contribution in [3.63, 3.8) is 0 Å². The summed E-state index contributed by atoms with van der Waals surface area (Å²) in [6.07, 6.45) is 34.4. The van der Waals surface area contributed by atoms with E-state index in [1.807, 2.05) is 32.6 Å². The summed E-state index contributed by atoms with van der Waals surface area (Å²) in [5.41, 5.74) is -2.19. The third-order valence-electron chi connectivity index (χ3n) is 13.2. The molecule has 0 amide bonds. The molecular formula is C51H97NO7. The molecule has 348 valence electrons. The molecule has 0 spiro atoms. The highest BCUT2D eigenvalue weighted by Crippen LogP contribution is 2.36. The molecule has 1 aliphatic rings. The van der Waals surface area contributed by atoms with E-state index in [-0.39, 0.29) is 24.5 Å². The van der Waals surface area contributed by atoms with Gasteiger partial charge in [-0.2, -0.15) is 0 Å². The van der Waals surface area contributed by atoms with E-state index >= 15 is 0 Å². The number of carbonyl (C=O) groups excluding carboxylic acids is 2. The monoisotopic (exact) mass is 836 g/mol. The van der Waals surface area contributed by atoms with Crippen LogP contribution in [-0.4, -0.2) is 70.5 Å². The van der Waals surface area contributed by atoms with Gasteiger partial charge in [-0.05, 0) is 92.0 Å². The maximum Gasteiger partial charge on any atom is 0.324 e. The topological polar surface area (TPSA) is 113 Å². The van der Waals surface area contributed by atoms with Crippen LogP contribution in [0.2, 0.25) is 0 Å². The second kappa shape index (κ2) is 33.0. The number of hydrogen-bond acceptors (Lipinski definition) is 7. The lowest BCUT2D eigenvalue weighted by atomic mass is 9.85. The Bertz CT molecular complexity index is 1060. The number of likely N-dealkylation sites (tertiary alicyclic amines) is 1. The van der Waals surface area contributed by atoms with Gasteiger partial charge in [-0.15, -0.1) is 0 Å². The normalized spacial score (nSPS) is 17.5. The van der Waals surface area contributed by atoms with Crippen LogP contribution in [0.25, 0.3) is 0 Å². The van der Waals surface area contributed by atoms with Gasteiger partial charge in [0.25, 0.3) is 0 Å². The summed E-state index contributed by atoms with van der Waals surface area (Å²) in [7, 11) is 0. The zero-order valence-corrected chi connectivity index (χ0v) is 40.0. The van der Waals surface area contributed by atoms with Crippen LogP contribution in [0.3, 0.4) is 0 Å². The Balaban J connectivity index is 2.50. The first-order valence-corrected chi connectivity index (χ1v) is 25.3. The molecule has 1 saturated heterocycles. The number of esters is 2. The van der Waals surface area contributed by atoms with Gasteiger partial charge < -0.3 is 19.7 Å². The second-order valence-electron chi connectivity index (χ2n) is 19.9. The van der Waals surface area contributed by atoms with Crippen LogP contribution >= 0.6 is 0 Å². The molecule has 0 aromatic heterocycles. The van der Waals surface area contributed by atoms with Crippen molar-refractivity contribution in [1.29, 1.82) is 0 Å². The molecule has 0 saturated carbocycles. The Labute approximate surface area is 364 Å². The number of rotatable bonds is 40. The fourth-order valence-electron chi connectivity index (χ4n) is 8.97. The minimum absolute atomic E-state index is 0.0123. The predicted octanol–water partition coefficient (Wildman–Crippen LogP) is 13.9. The van der Waals surface area contributed by atoms with E-state index < -0.39 is 28.4 Å². The van der Waals surface area contributed by atoms with Crippen molar-refractivity contribution < 1.29 is 34.1 Å². The van der Waals surface area contributed by atoms with E-state index in [1.54, 1.807) is 0 Å². The summed E-state index contributed by atoms with van der Waals surface area (Å²) in [5.74, 6) is -1.07. The Morgan fingerprint density at radius 1 is 0.593 bits per heavy atom. The summed E-state index contributed by atoms with van der Waals surface area (Å²) < 4.78 is 11.9. The molecule has 2 atom stereocenters. The number of β-amino-alcohol motifs (C(OH)–C–C–N with tert-alkyl or cyclic N) is 1. The van der Waals surface area contributed by atoms with Gasteiger partial charge in [0.05, 0.1) is 23.5 Å².